The molecule has 0 aromatic rings. The molecule has 1 saturated heterocycles. The van der Waals surface area contributed by atoms with Crippen molar-refractivity contribution in [2.24, 2.45) is 11.8 Å². The lowest BCUT2D eigenvalue weighted by molar-refractivity contribution is -0.183. The molecule has 1 N–H and O–H groups in total. The van der Waals surface area contributed by atoms with Gasteiger partial charge in [-0.05, 0) is 0 Å². The first kappa shape index (κ1) is 13.6. The smallest absolute Gasteiger partial charge is 0.393 e. The fourth-order valence-electron chi connectivity index (χ4n) is 1.87. The molecule has 1 aliphatic heterocycles. The van der Waals surface area contributed by atoms with E-state index in [1.807, 2.05) is 0 Å². The van der Waals surface area contributed by atoms with Gasteiger partial charge < -0.3 is 10.0 Å². The molecule has 7 heteroatoms. The van der Waals surface area contributed by atoms with Crippen LogP contribution in [-0.4, -0.2) is 47.7 Å². The predicted octanol–water partition coefficient (Wildman–Crippen LogP) is 1.24. The first-order valence-corrected chi connectivity index (χ1v) is 5.45. The highest BCUT2D eigenvalue weighted by Crippen LogP contribution is 2.37. The number of aliphatic hydroxyl groups excluding tert-OH is 1. The van der Waals surface area contributed by atoms with E-state index in [-0.39, 0.29) is 31.3 Å². The number of hydrogen-bond acceptors (Lipinski definition) is 2. The summed E-state index contributed by atoms with van der Waals surface area (Å²) in [5.41, 5.74) is 0. The van der Waals surface area contributed by atoms with Crippen LogP contribution in [-0.2, 0) is 4.79 Å². The fourth-order valence-corrected chi connectivity index (χ4v) is 2.03. The van der Waals surface area contributed by atoms with Crippen LogP contribution in [0.25, 0.3) is 0 Å². The highest BCUT2D eigenvalue weighted by molar-refractivity contribution is 6.18. The summed E-state index contributed by atoms with van der Waals surface area (Å²) in [6, 6.07) is 0. The van der Waals surface area contributed by atoms with E-state index in [1.165, 1.54) is 0 Å². The first-order chi connectivity index (χ1) is 7.40. The Balaban J connectivity index is 2.67. The summed E-state index contributed by atoms with van der Waals surface area (Å²) in [6.45, 7) is -0.977. The maximum absolute atomic E-state index is 12.5. The lowest BCUT2D eigenvalue weighted by atomic mass is 9.97. The van der Waals surface area contributed by atoms with Gasteiger partial charge in [-0.25, -0.2) is 0 Å². The van der Waals surface area contributed by atoms with Crippen molar-refractivity contribution >= 4 is 17.5 Å². The molecular weight excluding hydrogens is 247 g/mol. The molecule has 1 aliphatic rings. The predicted molar refractivity (Wildman–Crippen MR) is 52.0 cm³/mol. The molecule has 0 radical (unpaired) electrons. The number of nitrogens with zero attached hydrogens (tertiary/aromatic N) is 1. The highest BCUT2D eigenvalue weighted by Gasteiger charge is 2.50. The largest absolute Gasteiger partial charge is 0.396 e. The third-order valence-electron chi connectivity index (χ3n) is 2.76. The van der Waals surface area contributed by atoms with E-state index in [0.717, 1.165) is 4.90 Å². The molecule has 0 spiro atoms. The molecule has 0 unspecified atom stereocenters. The number of amides is 1. The van der Waals surface area contributed by atoms with Crippen molar-refractivity contribution in [2.45, 2.75) is 12.6 Å². The van der Waals surface area contributed by atoms with Crippen LogP contribution in [0.2, 0.25) is 0 Å². The monoisotopic (exact) mass is 259 g/mol. The van der Waals surface area contributed by atoms with Crippen molar-refractivity contribution in [3.05, 3.63) is 0 Å². The standard InChI is InChI=1S/C9H13ClF3NO2/c10-2-1-8(16)14-3-6(5-15)7(4-14)9(11,12)13/h6-7,15H,1-5H2/t6-,7-/m1/s1. The zero-order chi connectivity index (χ0) is 12.3. The van der Waals surface area contributed by atoms with Crippen molar-refractivity contribution in [1.82, 2.24) is 4.90 Å². The number of carbonyl (C=O) groups excluding carboxylic acids is 1. The molecular formula is C9H13ClF3NO2. The van der Waals surface area contributed by atoms with E-state index >= 15 is 0 Å². The minimum atomic E-state index is -4.37. The van der Waals surface area contributed by atoms with Gasteiger partial charge in [0, 0.05) is 37.9 Å². The molecule has 2 atom stereocenters. The van der Waals surface area contributed by atoms with E-state index in [0.29, 0.717) is 0 Å². The summed E-state index contributed by atoms with van der Waals surface area (Å²) in [4.78, 5) is 12.5. The molecule has 0 aromatic heterocycles. The van der Waals surface area contributed by atoms with Crippen LogP contribution >= 0.6 is 11.6 Å². The zero-order valence-corrected chi connectivity index (χ0v) is 9.26. The van der Waals surface area contributed by atoms with Gasteiger partial charge in [-0.1, -0.05) is 0 Å². The fraction of sp³-hybridized carbons (Fsp3) is 0.889. The van der Waals surface area contributed by atoms with Gasteiger partial charge in [0.1, 0.15) is 0 Å². The van der Waals surface area contributed by atoms with Crippen molar-refractivity contribution in [1.29, 1.82) is 0 Å². The molecule has 0 saturated carbocycles. The topological polar surface area (TPSA) is 40.5 Å². The van der Waals surface area contributed by atoms with Gasteiger partial charge in [0.05, 0.1) is 5.92 Å². The molecule has 0 bridgehead atoms. The van der Waals surface area contributed by atoms with E-state index in [2.05, 4.69) is 0 Å². The van der Waals surface area contributed by atoms with Crippen molar-refractivity contribution in [3.63, 3.8) is 0 Å². The number of rotatable bonds is 3. The zero-order valence-electron chi connectivity index (χ0n) is 8.50. The number of carbonyl (C=O) groups is 1. The first-order valence-electron chi connectivity index (χ1n) is 4.91. The lowest BCUT2D eigenvalue weighted by Gasteiger charge is -2.18. The Morgan fingerprint density at radius 1 is 1.44 bits per heavy atom. The second kappa shape index (κ2) is 5.23. The van der Waals surface area contributed by atoms with E-state index < -0.39 is 24.6 Å². The molecule has 1 heterocycles. The maximum Gasteiger partial charge on any atom is 0.393 e. The van der Waals surface area contributed by atoms with E-state index in [9.17, 15) is 18.0 Å². The quantitative estimate of drug-likeness (QED) is 0.775. The summed E-state index contributed by atoms with van der Waals surface area (Å²) in [7, 11) is 0. The van der Waals surface area contributed by atoms with Crippen LogP contribution in [0.3, 0.4) is 0 Å². The minimum absolute atomic E-state index is 0.0320. The normalized spacial score (nSPS) is 26.2. The Kier molecular flexibility index (Phi) is 4.43. The Morgan fingerprint density at radius 3 is 2.44 bits per heavy atom. The molecule has 3 nitrogen and oxygen atoms in total. The molecule has 1 fully saturated rings. The molecule has 94 valence electrons. The van der Waals surface area contributed by atoms with Crippen LogP contribution in [0.1, 0.15) is 6.42 Å². The van der Waals surface area contributed by atoms with Crippen LogP contribution in [0.15, 0.2) is 0 Å². The molecule has 0 aromatic carbocycles. The van der Waals surface area contributed by atoms with Gasteiger partial charge in [-0.15, -0.1) is 11.6 Å². The molecule has 0 aliphatic carbocycles. The number of aliphatic hydroxyl groups is 1. The SMILES string of the molecule is O=C(CCCl)N1C[C@H](CO)[C@H](C(F)(F)F)C1. The summed E-state index contributed by atoms with van der Waals surface area (Å²) in [5, 5.41) is 8.87. The van der Waals surface area contributed by atoms with Gasteiger partial charge >= 0.3 is 6.18 Å². The third-order valence-corrected chi connectivity index (χ3v) is 2.95. The van der Waals surface area contributed by atoms with Crippen LogP contribution in [0.4, 0.5) is 13.2 Å². The van der Waals surface area contributed by atoms with Crippen molar-refractivity contribution in [3.8, 4) is 0 Å². The number of halogens is 4. The minimum Gasteiger partial charge on any atom is -0.396 e. The average molecular weight is 260 g/mol. The Morgan fingerprint density at radius 2 is 2.06 bits per heavy atom. The van der Waals surface area contributed by atoms with Crippen LogP contribution in [0.5, 0.6) is 0 Å². The summed E-state index contributed by atoms with van der Waals surface area (Å²) in [6.07, 6.45) is -4.34. The average Bonchev–Trinajstić information content (AvgIpc) is 2.61. The van der Waals surface area contributed by atoms with Gasteiger partial charge in [0.25, 0.3) is 0 Å². The van der Waals surface area contributed by atoms with Gasteiger partial charge in [-0.3, -0.25) is 4.79 Å². The Labute approximate surface area is 96.2 Å². The lowest BCUT2D eigenvalue weighted by Crippen LogP contribution is -2.32. The molecule has 1 amide bonds. The molecule has 16 heavy (non-hydrogen) atoms. The van der Waals surface area contributed by atoms with E-state index in [4.69, 9.17) is 16.7 Å². The van der Waals surface area contributed by atoms with Crippen LogP contribution < -0.4 is 0 Å². The summed E-state index contributed by atoms with van der Waals surface area (Å²) < 4.78 is 37.6. The third kappa shape index (κ3) is 3.01. The second-order valence-electron chi connectivity index (χ2n) is 3.83. The number of alkyl halides is 4. The van der Waals surface area contributed by atoms with Crippen molar-refractivity contribution in [2.75, 3.05) is 25.6 Å². The highest BCUT2D eigenvalue weighted by atomic mass is 35.5. The Bertz CT molecular complexity index is 260. The summed E-state index contributed by atoms with van der Waals surface area (Å²) >= 11 is 5.35. The summed E-state index contributed by atoms with van der Waals surface area (Å²) in [5.74, 6) is -2.84. The Hall–Kier alpha value is -0.490. The van der Waals surface area contributed by atoms with Gasteiger partial charge in [0.2, 0.25) is 5.91 Å². The second-order valence-corrected chi connectivity index (χ2v) is 4.21. The van der Waals surface area contributed by atoms with E-state index in [1.54, 1.807) is 0 Å². The number of hydrogen-bond donors (Lipinski definition) is 1. The van der Waals surface area contributed by atoms with Crippen molar-refractivity contribution < 1.29 is 23.1 Å². The molecule has 1 rings (SSSR count). The van der Waals surface area contributed by atoms with Crippen LogP contribution in [0, 0.1) is 11.8 Å². The number of likely N-dealkylation sites (tertiary alicyclic amines) is 1. The van der Waals surface area contributed by atoms with Gasteiger partial charge in [0.15, 0.2) is 0 Å². The van der Waals surface area contributed by atoms with Gasteiger partial charge in [-0.2, -0.15) is 13.2 Å². The maximum atomic E-state index is 12.5.